The Hall–Kier alpha value is -0.650. The summed E-state index contributed by atoms with van der Waals surface area (Å²) in [5.41, 5.74) is -0.240. The molecule has 0 saturated carbocycles. The average Bonchev–Trinajstić information content (AvgIpc) is 2.28. The number of rotatable bonds is 1. The molecule has 16 heavy (non-hydrogen) atoms. The molecule has 5 nitrogen and oxygen atoms in total. The highest BCUT2D eigenvalue weighted by atomic mass is 16.5. The largest absolute Gasteiger partial charge is 0.372 e. The van der Waals surface area contributed by atoms with Crippen LogP contribution in [0.5, 0.6) is 0 Å². The fourth-order valence-corrected chi connectivity index (χ4v) is 2.13. The van der Waals surface area contributed by atoms with Gasteiger partial charge in [0.15, 0.2) is 0 Å². The number of morpholine rings is 2. The topological polar surface area (TPSA) is 50.8 Å². The highest BCUT2D eigenvalue weighted by Crippen LogP contribution is 2.17. The number of nitrogens with one attached hydrogen (secondary N) is 1. The van der Waals surface area contributed by atoms with E-state index in [1.807, 2.05) is 18.7 Å². The molecule has 0 aliphatic carbocycles. The van der Waals surface area contributed by atoms with E-state index in [4.69, 9.17) is 9.47 Å². The summed E-state index contributed by atoms with van der Waals surface area (Å²) in [5, 5.41) is 3.17. The fraction of sp³-hybridized carbons (Fsp3) is 0.909. The van der Waals surface area contributed by atoms with Crippen molar-refractivity contribution >= 4 is 5.91 Å². The third-order valence-electron chi connectivity index (χ3n) is 2.94. The van der Waals surface area contributed by atoms with Gasteiger partial charge in [0.1, 0.15) is 6.10 Å². The monoisotopic (exact) mass is 228 g/mol. The zero-order valence-corrected chi connectivity index (χ0v) is 9.99. The van der Waals surface area contributed by atoms with Gasteiger partial charge in [0.2, 0.25) is 0 Å². The third-order valence-corrected chi connectivity index (χ3v) is 2.94. The molecule has 0 bridgehead atoms. The van der Waals surface area contributed by atoms with Crippen molar-refractivity contribution in [3.8, 4) is 0 Å². The molecular weight excluding hydrogens is 208 g/mol. The summed E-state index contributed by atoms with van der Waals surface area (Å²) in [6, 6.07) is 0. The maximum atomic E-state index is 12.1. The maximum absolute atomic E-state index is 12.1. The Labute approximate surface area is 96.1 Å². The first-order valence-electron chi connectivity index (χ1n) is 5.83. The van der Waals surface area contributed by atoms with E-state index < -0.39 is 0 Å². The summed E-state index contributed by atoms with van der Waals surface area (Å²) in [4.78, 5) is 14.0. The number of carbonyl (C=O) groups is 1. The van der Waals surface area contributed by atoms with Gasteiger partial charge in [-0.15, -0.1) is 0 Å². The van der Waals surface area contributed by atoms with Crippen LogP contribution in [0.4, 0.5) is 0 Å². The van der Waals surface area contributed by atoms with Crippen LogP contribution in [0.1, 0.15) is 13.8 Å². The fourth-order valence-electron chi connectivity index (χ4n) is 2.13. The standard InChI is InChI=1S/C11H20N2O3/c1-11(2)8-13(4-6-16-11)10(14)9-7-12-3-5-15-9/h9,12H,3-8H2,1-2H3. The minimum Gasteiger partial charge on any atom is -0.372 e. The smallest absolute Gasteiger partial charge is 0.253 e. The molecule has 5 heteroatoms. The van der Waals surface area contributed by atoms with Crippen molar-refractivity contribution in [1.82, 2.24) is 10.2 Å². The van der Waals surface area contributed by atoms with Crippen LogP contribution in [0.25, 0.3) is 0 Å². The van der Waals surface area contributed by atoms with E-state index in [-0.39, 0.29) is 17.6 Å². The van der Waals surface area contributed by atoms with Gasteiger partial charge in [-0.1, -0.05) is 0 Å². The van der Waals surface area contributed by atoms with E-state index in [2.05, 4.69) is 5.32 Å². The number of nitrogens with zero attached hydrogens (tertiary/aromatic N) is 1. The molecule has 1 N–H and O–H groups in total. The Morgan fingerprint density at radius 1 is 1.44 bits per heavy atom. The van der Waals surface area contributed by atoms with Gasteiger partial charge in [0.05, 0.1) is 18.8 Å². The van der Waals surface area contributed by atoms with Crippen LogP contribution in [0.15, 0.2) is 0 Å². The molecule has 0 spiro atoms. The Morgan fingerprint density at radius 3 is 2.88 bits per heavy atom. The van der Waals surface area contributed by atoms with Crippen molar-refractivity contribution in [2.45, 2.75) is 25.6 Å². The van der Waals surface area contributed by atoms with Gasteiger partial charge in [-0.05, 0) is 13.8 Å². The summed E-state index contributed by atoms with van der Waals surface area (Å²) in [5.74, 6) is 0.0866. The van der Waals surface area contributed by atoms with Crippen LogP contribution < -0.4 is 5.32 Å². The lowest BCUT2D eigenvalue weighted by molar-refractivity contribution is -0.158. The van der Waals surface area contributed by atoms with Crippen LogP contribution in [0, 0.1) is 0 Å². The SMILES string of the molecule is CC1(C)CN(C(=O)C2CNCCO2)CCO1. The number of amides is 1. The lowest BCUT2D eigenvalue weighted by Crippen LogP contribution is -2.56. The number of hydrogen-bond donors (Lipinski definition) is 1. The Kier molecular flexibility index (Phi) is 3.47. The highest BCUT2D eigenvalue weighted by molar-refractivity contribution is 5.81. The highest BCUT2D eigenvalue weighted by Gasteiger charge is 2.34. The van der Waals surface area contributed by atoms with Crippen molar-refractivity contribution in [3.63, 3.8) is 0 Å². The molecule has 0 aromatic rings. The Morgan fingerprint density at radius 2 is 2.25 bits per heavy atom. The van der Waals surface area contributed by atoms with Crippen molar-refractivity contribution in [2.24, 2.45) is 0 Å². The molecule has 0 radical (unpaired) electrons. The van der Waals surface area contributed by atoms with E-state index >= 15 is 0 Å². The summed E-state index contributed by atoms with van der Waals surface area (Å²) in [6.07, 6.45) is -0.317. The van der Waals surface area contributed by atoms with Crippen LogP contribution in [0.2, 0.25) is 0 Å². The third kappa shape index (κ3) is 2.72. The molecule has 0 aromatic carbocycles. The first-order valence-corrected chi connectivity index (χ1v) is 5.83. The predicted octanol–water partition coefficient (Wildman–Crippen LogP) is -0.388. The summed E-state index contributed by atoms with van der Waals surface area (Å²) in [6.45, 7) is 8.00. The second-order valence-corrected chi connectivity index (χ2v) is 4.93. The van der Waals surface area contributed by atoms with Crippen LogP contribution >= 0.6 is 0 Å². The molecule has 92 valence electrons. The molecule has 2 heterocycles. The molecule has 2 aliphatic heterocycles. The summed E-state index contributed by atoms with van der Waals surface area (Å²) >= 11 is 0. The number of ether oxygens (including phenoxy) is 2. The molecule has 2 saturated heterocycles. The van der Waals surface area contributed by atoms with E-state index in [0.29, 0.717) is 32.8 Å². The van der Waals surface area contributed by atoms with E-state index in [9.17, 15) is 4.79 Å². The zero-order valence-electron chi connectivity index (χ0n) is 9.99. The quantitative estimate of drug-likeness (QED) is 0.664. The average molecular weight is 228 g/mol. The van der Waals surface area contributed by atoms with Gasteiger partial charge in [-0.25, -0.2) is 0 Å². The molecule has 1 unspecified atom stereocenters. The lowest BCUT2D eigenvalue weighted by atomic mass is 10.1. The zero-order chi connectivity index (χ0) is 11.6. The minimum atomic E-state index is -0.317. The second-order valence-electron chi connectivity index (χ2n) is 4.93. The van der Waals surface area contributed by atoms with Crippen molar-refractivity contribution in [2.75, 3.05) is 39.4 Å². The number of carbonyl (C=O) groups excluding carboxylic acids is 1. The normalized spacial score (nSPS) is 30.1. The van der Waals surface area contributed by atoms with Gasteiger partial charge < -0.3 is 19.7 Å². The van der Waals surface area contributed by atoms with Crippen molar-refractivity contribution in [1.29, 1.82) is 0 Å². The molecule has 2 aliphatic rings. The van der Waals surface area contributed by atoms with Gasteiger partial charge >= 0.3 is 0 Å². The lowest BCUT2D eigenvalue weighted by Gasteiger charge is -2.39. The van der Waals surface area contributed by atoms with Gasteiger partial charge in [0, 0.05) is 26.2 Å². The van der Waals surface area contributed by atoms with E-state index in [1.54, 1.807) is 0 Å². The summed E-state index contributed by atoms with van der Waals surface area (Å²) in [7, 11) is 0. The predicted molar refractivity (Wildman–Crippen MR) is 59.2 cm³/mol. The van der Waals surface area contributed by atoms with Crippen molar-refractivity contribution in [3.05, 3.63) is 0 Å². The van der Waals surface area contributed by atoms with Gasteiger partial charge in [-0.2, -0.15) is 0 Å². The number of hydrogen-bond acceptors (Lipinski definition) is 4. The maximum Gasteiger partial charge on any atom is 0.253 e. The van der Waals surface area contributed by atoms with Gasteiger partial charge in [-0.3, -0.25) is 4.79 Å². The molecule has 1 atom stereocenters. The van der Waals surface area contributed by atoms with Crippen LogP contribution in [0.3, 0.4) is 0 Å². The van der Waals surface area contributed by atoms with E-state index in [0.717, 1.165) is 6.54 Å². The van der Waals surface area contributed by atoms with Crippen LogP contribution in [-0.4, -0.2) is 61.9 Å². The summed E-state index contributed by atoms with van der Waals surface area (Å²) < 4.78 is 11.0. The Bertz CT molecular complexity index is 262. The molecular formula is C11H20N2O3. The van der Waals surface area contributed by atoms with Gasteiger partial charge in [0.25, 0.3) is 5.91 Å². The van der Waals surface area contributed by atoms with Crippen molar-refractivity contribution < 1.29 is 14.3 Å². The van der Waals surface area contributed by atoms with Crippen LogP contribution in [-0.2, 0) is 14.3 Å². The molecule has 0 aromatic heterocycles. The first kappa shape index (κ1) is 11.8. The first-order chi connectivity index (χ1) is 7.58. The molecule has 1 amide bonds. The molecule has 2 rings (SSSR count). The molecule has 2 fully saturated rings. The minimum absolute atomic E-state index is 0.0866. The van der Waals surface area contributed by atoms with E-state index in [1.165, 1.54) is 0 Å². The second kappa shape index (κ2) is 4.69. The Balaban J connectivity index is 1.93.